The SMILES string of the molecule is NC(=O)[C@]12[CH]CCCN1S(=O)(=O)N(c1ccc(C3(CCN4CCOCC4)CC3)cc1)C2. The van der Waals surface area contributed by atoms with E-state index in [1.54, 1.807) is 6.42 Å². The van der Waals surface area contributed by atoms with E-state index in [4.69, 9.17) is 10.5 Å². The van der Waals surface area contributed by atoms with Crippen molar-refractivity contribution in [2.24, 2.45) is 5.73 Å². The second-order valence-corrected chi connectivity index (χ2v) is 11.0. The van der Waals surface area contributed by atoms with E-state index >= 15 is 0 Å². The summed E-state index contributed by atoms with van der Waals surface area (Å²) in [7, 11) is -3.79. The molecule has 0 spiro atoms. The number of amides is 1. The number of hydrogen-bond acceptors (Lipinski definition) is 5. The van der Waals surface area contributed by atoms with Crippen molar-refractivity contribution in [1.82, 2.24) is 9.21 Å². The van der Waals surface area contributed by atoms with Gasteiger partial charge in [0.25, 0.3) is 0 Å². The second kappa shape index (κ2) is 7.72. The van der Waals surface area contributed by atoms with E-state index in [9.17, 15) is 13.2 Å². The molecule has 1 amide bonds. The van der Waals surface area contributed by atoms with Gasteiger partial charge in [-0.3, -0.25) is 14.0 Å². The lowest BCUT2D eigenvalue weighted by Crippen LogP contribution is -2.59. The average molecular weight is 448 g/mol. The zero-order chi connectivity index (χ0) is 21.7. The zero-order valence-electron chi connectivity index (χ0n) is 17.8. The lowest BCUT2D eigenvalue weighted by atomic mass is 9.88. The third-order valence-electron chi connectivity index (χ3n) is 7.49. The lowest BCUT2D eigenvalue weighted by molar-refractivity contribution is -0.125. The first kappa shape index (κ1) is 21.2. The number of benzene rings is 1. The summed E-state index contributed by atoms with van der Waals surface area (Å²) in [6, 6.07) is 7.90. The maximum absolute atomic E-state index is 13.2. The molecule has 8 nitrogen and oxygen atoms in total. The Morgan fingerprint density at radius 2 is 1.81 bits per heavy atom. The molecule has 0 aromatic heterocycles. The van der Waals surface area contributed by atoms with Crippen LogP contribution in [0.5, 0.6) is 0 Å². The Bertz CT molecular complexity index is 941. The van der Waals surface area contributed by atoms with Gasteiger partial charge in [0.1, 0.15) is 5.54 Å². The number of carbonyl (C=O) groups is 1. The van der Waals surface area contributed by atoms with Crippen LogP contribution in [0.4, 0.5) is 5.69 Å². The van der Waals surface area contributed by atoms with Crippen LogP contribution in [0.15, 0.2) is 24.3 Å². The van der Waals surface area contributed by atoms with Crippen LogP contribution in [0.2, 0.25) is 0 Å². The van der Waals surface area contributed by atoms with Gasteiger partial charge in [-0.05, 0) is 68.2 Å². The van der Waals surface area contributed by atoms with E-state index in [2.05, 4.69) is 17.0 Å². The predicted molar refractivity (Wildman–Crippen MR) is 118 cm³/mol. The van der Waals surface area contributed by atoms with Crippen LogP contribution >= 0.6 is 0 Å². The van der Waals surface area contributed by atoms with Gasteiger partial charge in [-0.15, -0.1) is 0 Å². The van der Waals surface area contributed by atoms with Crippen molar-refractivity contribution in [2.45, 2.75) is 43.1 Å². The molecule has 0 unspecified atom stereocenters. The molecule has 1 aromatic carbocycles. The Hall–Kier alpha value is -1.68. The minimum Gasteiger partial charge on any atom is -0.379 e. The number of nitrogens with two attached hydrogens (primary N) is 1. The second-order valence-electron chi connectivity index (χ2n) is 9.25. The zero-order valence-corrected chi connectivity index (χ0v) is 18.6. The Labute approximate surface area is 184 Å². The Kier molecular flexibility index (Phi) is 5.28. The molecule has 4 aliphatic rings. The summed E-state index contributed by atoms with van der Waals surface area (Å²) in [6.07, 6.45) is 6.62. The quantitative estimate of drug-likeness (QED) is 0.703. The van der Waals surface area contributed by atoms with Crippen LogP contribution in [-0.4, -0.2) is 75.0 Å². The highest BCUT2D eigenvalue weighted by Gasteiger charge is 2.59. The standard InChI is InChI=1S/C22H31N4O4S/c23-20(27)22-7-1-2-11-26(22)31(28,29)25(17-22)19-5-3-18(4-6-19)21(8-9-21)10-12-24-13-15-30-16-14-24/h3-7H,1-2,8-17H2,(H2,23,27)/t22-/m1/s1. The molecule has 31 heavy (non-hydrogen) atoms. The van der Waals surface area contributed by atoms with E-state index in [-0.39, 0.29) is 12.0 Å². The summed E-state index contributed by atoms with van der Waals surface area (Å²) in [6.45, 7) is 5.05. The number of fused-ring (bicyclic) bond motifs is 1. The molecule has 0 bridgehead atoms. The maximum atomic E-state index is 13.2. The van der Waals surface area contributed by atoms with Crippen LogP contribution in [0.3, 0.4) is 0 Å². The monoisotopic (exact) mass is 447 g/mol. The molecule has 2 N–H and O–H groups in total. The summed E-state index contributed by atoms with van der Waals surface area (Å²) in [5.74, 6) is -0.602. The van der Waals surface area contributed by atoms with E-state index in [0.29, 0.717) is 25.1 Å². The predicted octanol–water partition coefficient (Wildman–Crippen LogP) is 1.03. The molecule has 5 rings (SSSR count). The van der Waals surface area contributed by atoms with Crippen molar-refractivity contribution in [3.8, 4) is 0 Å². The molecule has 169 valence electrons. The van der Waals surface area contributed by atoms with Crippen molar-refractivity contribution >= 4 is 21.8 Å². The first-order valence-corrected chi connectivity index (χ1v) is 12.6. The first-order chi connectivity index (χ1) is 14.9. The molecule has 3 heterocycles. The lowest BCUT2D eigenvalue weighted by Gasteiger charge is -2.35. The van der Waals surface area contributed by atoms with Crippen molar-refractivity contribution in [3.63, 3.8) is 0 Å². The van der Waals surface area contributed by atoms with Gasteiger partial charge in [-0.25, -0.2) is 0 Å². The van der Waals surface area contributed by atoms with Crippen LogP contribution in [0.1, 0.15) is 37.7 Å². The molecule has 1 saturated carbocycles. The maximum Gasteiger partial charge on any atom is 0.305 e. The highest BCUT2D eigenvalue weighted by Crippen LogP contribution is 2.51. The van der Waals surface area contributed by atoms with Gasteiger partial charge in [0.05, 0.1) is 25.4 Å². The van der Waals surface area contributed by atoms with Crippen LogP contribution in [0.25, 0.3) is 0 Å². The Morgan fingerprint density at radius 1 is 1.10 bits per heavy atom. The summed E-state index contributed by atoms with van der Waals surface area (Å²) in [4.78, 5) is 14.7. The van der Waals surface area contributed by atoms with E-state index < -0.39 is 21.7 Å². The fraction of sp³-hybridized carbons (Fsp3) is 0.636. The van der Waals surface area contributed by atoms with Gasteiger partial charge in [-0.2, -0.15) is 12.7 Å². The number of primary amides is 1. The molecule has 9 heteroatoms. The van der Waals surface area contributed by atoms with Crippen molar-refractivity contribution in [1.29, 1.82) is 0 Å². The first-order valence-electron chi connectivity index (χ1n) is 11.2. The van der Waals surface area contributed by atoms with Gasteiger partial charge in [0, 0.05) is 19.6 Å². The third-order valence-corrected chi connectivity index (χ3v) is 9.45. The topological polar surface area (TPSA) is 96.2 Å². The normalized spacial score (nSPS) is 30.1. The van der Waals surface area contributed by atoms with Crippen molar-refractivity contribution < 1.29 is 17.9 Å². The highest BCUT2D eigenvalue weighted by molar-refractivity contribution is 7.90. The van der Waals surface area contributed by atoms with Gasteiger partial charge in [-0.1, -0.05) is 12.1 Å². The molecule has 1 aromatic rings. The van der Waals surface area contributed by atoms with Crippen molar-refractivity contribution in [3.05, 3.63) is 36.2 Å². The molecular formula is C22H31N4O4S. The van der Waals surface area contributed by atoms with Crippen LogP contribution in [-0.2, 0) is 25.2 Å². The Morgan fingerprint density at radius 3 is 2.42 bits per heavy atom. The minimum absolute atomic E-state index is 0.0478. The third kappa shape index (κ3) is 3.55. The molecule has 1 radical (unpaired) electrons. The largest absolute Gasteiger partial charge is 0.379 e. The number of carbonyl (C=O) groups excluding carboxylic acids is 1. The number of anilines is 1. The average Bonchev–Trinajstić information content (AvgIpc) is 3.53. The molecular weight excluding hydrogens is 416 g/mol. The number of nitrogens with zero attached hydrogens (tertiary/aromatic N) is 3. The fourth-order valence-corrected chi connectivity index (χ4v) is 7.28. The molecule has 3 saturated heterocycles. The molecule has 1 atom stereocenters. The summed E-state index contributed by atoms with van der Waals surface area (Å²) in [5, 5.41) is 0. The number of piperidine rings is 1. The highest BCUT2D eigenvalue weighted by atomic mass is 32.2. The van der Waals surface area contributed by atoms with Crippen molar-refractivity contribution in [2.75, 3.05) is 50.2 Å². The van der Waals surface area contributed by atoms with Crippen LogP contribution in [0, 0.1) is 6.42 Å². The fourth-order valence-electron chi connectivity index (χ4n) is 5.30. The summed E-state index contributed by atoms with van der Waals surface area (Å²) >= 11 is 0. The number of ether oxygens (including phenoxy) is 1. The smallest absolute Gasteiger partial charge is 0.305 e. The van der Waals surface area contributed by atoms with Gasteiger partial charge in [0.2, 0.25) is 5.91 Å². The number of rotatable bonds is 6. The number of morpholine rings is 1. The molecule has 1 aliphatic carbocycles. The van der Waals surface area contributed by atoms with Crippen LogP contribution < -0.4 is 10.0 Å². The summed E-state index contributed by atoms with van der Waals surface area (Å²) in [5.41, 5.74) is 6.51. The van der Waals surface area contributed by atoms with E-state index in [0.717, 1.165) is 39.3 Å². The van der Waals surface area contributed by atoms with E-state index in [1.807, 2.05) is 12.1 Å². The Balaban J connectivity index is 1.33. The molecule has 3 aliphatic heterocycles. The van der Waals surface area contributed by atoms with Gasteiger partial charge < -0.3 is 10.5 Å². The van der Waals surface area contributed by atoms with E-state index in [1.165, 1.54) is 27.0 Å². The van der Waals surface area contributed by atoms with Gasteiger partial charge in [0.15, 0.2) is 0 Å². The number of hydrogen-bond donors (Lipinski definition) is 1. The molecule has 4 fully saturated rings. The minimum atomic E-state index is -3.79. The van der Waals surface area contributed by atoms with Gasteiger partial charge >= 0.3 is 10.2 Å². The summed E-state index contributed by atoms with van der Waals surface area (Å²) < 4.78 is 34.5.